The predicted octanol–water partition coefficient (Wildman–Crippen LogP) is 2.00. The highest BCUT2D eigenvalue weighted by Gasteiger charge is 2.26. The van der Waals surface area contributed by atoms with E-state index in [1.807, 2.05) is 0 Å². The van der Waals surface area contributed by atoms with Crippen molar-refractivity contribution < 1.29 is 4.74 Å². The molecule has 17 heavy (non-hydrogen) atoms. The average molecular weight is 240 g/mol. The van der Waals surface area contributed by atoms with E-state index in [0.717, 1.165) is 32.0 Å². The van der Waals surface area contributed by atoms with Crippen LogP contribution in [0.2, 0.25) is 0 Å². The zero-order valence-electron chi connectivity index (χ0n) is 11.2. The molecule has 0 spiro atoms. The molecule has 0 aromatic rings. The fourth-order valence-electron chi connectivity index (χ4n) is 2.79. The summed E-state index contributed by atoms with van der Waals surface area (Å²) in [5.41, 5.74) is 6.21. The molecule has 0 aromatic carbocycles. The molecule has 2 atom stereocenters. The molecule has 1 aliphatic carbocycles. The van der Waals surface area contributed by atoms with Gasteiger partial charge < -0.3 is 10.5 Å². The molecule has 3 heteroatoms. The van der Waals surface area contributed by atoms with E-state index < -0.39 is 0 Å². The van der Waals surface area contributed by atoms with Crippen LogP contribution < -0.4 is 5.73 Å². The molecule has 2 N–H and O–H groups in total. The van der Waals surface area contributed by atoms with E-state index in [1.165, 1.54) is 38.6 Å². The first kappa shape index (κ1) is 13.3. The lowest BCUT2D eigenvalue weighted by molar-refractivity contribution is -0.00159. The van der Waals surface area contributed by atoms with Crippen LogP contribution in [-0.2, 0) is 4.74 Å². The Hall–Kier alpha value is -0.120. The zero-order chi connectivity index (χ0) is 12.1. The van der Waals surface area contributed by atoms with Crippen LogP contribution in [0.5, 0.6) is 0 Å². The van der Waals surface area contributed by atoms with Crippen LogP contribution in [-0.4, -0.2) is 43.3 Å². The zero-order valence-corrected chi connectivity index (χ0v) is 11.2. The lowest BCUT2D eigenvalue weighted by Crippen LogP contribution is -2.45. The van der Waals surface area contributed by atoms with Gasteiger partial charge in [-0.05, 0) is 38.1 Å². The summed E-state index contributed by atoms with van der Waals surface area (Å²) < 4.78 is 5.85. The Bertz CT molecular complexity index is 218. The minimum Gasteiger partial charge on any atom is -0.377 e. The first-order valence-corrected chi connectivity index (χ1v) is 7.37. The number of nitrogens with zero attached hydrogens (tertiary/aromatic N) is 1. The number of hydrogen-bond acceptors (Lipinski definition) is 3. The van der Waals surface area contributed by atoms with Crippen LogP contribution >= 0.6 is 0 Å². The summed E-state index contributed by atoms with van der Waals surface area (Å²) >= 11 is 0. The summed E-state index contributed by atoms with van der Waals surface area (Å²) in [6.07, 6.45) is 8.14. The Balaban J connectivity index is 1.64. The second-order valence-corrected chi connectivity index (χ2v) is 5.83. The van der Waals surface area contributed by atoms with Crippen molar-refractivity contribution in [3.05, 3.63) is 0 Å². The van der Waals surface area contributed by atoms with Gasteiger partial charge in [-0.25, -0.2) is 0 Å². The van der Waals surface area contributed by atoms with Gasteiger partial charge in [0, 0.05) is 25.7 Å². The van der Waals surface area contributed by atoms with Gasteiger partial charge in [0.25, 0.3) is 0 Å². The topological polar surface area (TPSA) is 38.5 Å². The second kappa shape index (κ2) is 6.72. The normalized spacial score (nSPS) is 28.2. The molecule has 1 unspecified atom stereocenters. The minimum atomic E-state index is 0.382. The molecular formula is C14H28N2O. The summed E-state index contributed by atoms with van der Waals surface area (Å²) in [5.74, 6) is 0.946. The summed E-state index contributed by atoms with van der Waals surface area (Å²) in [4.78, 5) is 2.51. The third-order valence-electron chi connectivity index (χ3n) is 3.85. The van der Waals surface area contributed by atoms with Gasteiger partial charge in [-0.3, -0.25) is 4.90 Å². The molecule has 1 heterocycles. The van der Waals surface area contributed by atoms with Crippen LogP contribution in [0, 0.1) is 5.92 Å². The van der Waals surface area contributed by atoms with E-state index >= 15 is 0 Å². The number of hydrogen-bond donors (Lipinski definition) is 1. The van der Waals surface area contributed by atoms with Crippen molar-refractivity contribution in [1.82, 2.24) is 4.90 Å². The van der Waals surface area contributed by atoms with Crippen molar-refractivity contribution in [3.8, 4) is 0 Å². The van der Waals surface area contributed by atoms with E-state index in [2.05, 4.69) is 11.8 Å². The Labute approximate surface area is 106 Å². The van der Waals surface area contributed by atoms with Crippen molar-refractivity contribution in [2.75, 3.05) is 26.2 Å². The molecule has 0 amide bonds. The highest BCUT2D eigenvalue weighted by atomic mass is 16.5. The summed E-state index contributed by atoms with van der Waals surface area (Å²) in [6.45, 7) is 6.46. The molecule has 1 saturated carbocycles. The van der Waals surface area contributed by atoms with Gasteiger partial charge >= 0.3 is 0 Å². The molecule has 2 aliphatic rings. The lowest BCUT2D eigenvalue weighted by Gasteiger charge is -2.34. The van der Waals surface area contributed by atoms with Crippen LogP contribution in [0.4, 0.5) is 0 Å². The Morgan fingerprint density at radius 2 is 2.18 bits per heavy atom. The standard InChI is InChI=1S/C14H28N2O/c1-2-8-17-14-4-3-7-16(11-14)10-13(15)9-12-5-6-12/h12-14H,2-11,15H2,1H3/t13-,14?/m0/s1. The number of ether oxygens (including phenoxy) is 1. The van der Waals surface area contributed by atoms with Crippen LogP contribution in [0.15, 0.2) is 0 Å². The average Bonchev–Trinajstić information content (AvgIpc) is 3.10. The first-order valence-electron chi connectivity index (χ1n) is 7.37. The number of nitrogens with two attached hydrogens (primary N) is 1. The van der Waals surface area contributed by atoms with Crippen molar-refractivity contribution in [2.24, 2.45) is 11.7 Å². The van der Waals surface area contributed by atoms with Gasteiger partial charge in [-0.1, -0.05) is 19.8 Å². The quantitative estimate of drug-likeness (QED) is 0.740. The van der Waals surface area contributed by atoms with Gasteiger partial charge in [0.2, 0.25) is 0 Å². The molecule has 1 aliphatic heterocycles. The molecule has 3 nitrogen and oxygen atoms in total. The maximum absolute atomic E-state index is 6.21. The van der Waals surface area contributed by atoms with Crippen LogP contribution in [0.1, 0.15) is 45.4 Å². The van der Waals surface area contributed by atoms with E-state index in [-0.39, 0.29) is 0 Å². The highest BCUT2D eigenvalue weighted by Crippen LogP contribution is 2.33. The number of piperidine rings is 1. The third kappa shape index (κ3) is 4.94. The van der Waals surface area contributed by atoms with E-state index in [0.29, 0.717) is 12.1 Å². The molecule has 2 rings (SSSR count). The monoisotopic (exact) mass is 240 g/mol. The maximum Gasteiger partial charge on any atom is 0.0702 e. The van der Waals surface area contributed by atoms with E-state index in [9.17, 15) is 0 Å². The van der Waals surface area contributed by atoms with Gasteiger partial charge in [-0.2, -0.15) is 0 Å². The Morgan fingerprint density at radius 3 is 2.88 bits per heavy atom. The second-order valence-electron chi connectivity index (χ2n) is 5.83. The number of likely N-dealkylation sites (tertiary alicyclic amines) is 1. The number of rotatable bonds is 7. The molecule has 0 bridgehead atoms. The van der Waals surface area contributed by atoms with Crippen molar-refractivity contribution in [2.45, 2.75) is 57.6 Å². The van der Waals surface area contributed by atoms with Gasteiger partial charge in [0.1, 0.15) is 0 Å². The lowest BCUT2D eigenvalue weighted by atomic mass is 10.1. The van der Waals surface area contributed by atoms with Gasteiger partial charge in [-0.15, -0.1) is 0 Å². The van der Waals surface area contributed by atoms with E-state index in [1.54, 1.807) is 0 Å². The molecule has 0 radical (unpaired) electrons. The fourth-order valence-corrected chi connectivity index (χ4v) is 2.79. The summed E-state index contributed by atoms with van der Waals surface area (Å²) in [5, 5.41) is 0. The smallest absolute Gasteiger partial charge is 0.0702 e. The highest BCUT2D eigenvalue weighted by molar-refractivity contribution is 4.82. The van der Waals surface area contributed by atoms with Crippen LogP contribution in [0.25, 0.3) is 0 Å². The van der Waals surface area contributed by atoms with Gasteiger partial charge in [0.05, 0.1) is 6.10 Å². The van der Waals surface area contributed by atoms with Crippen molar-refractivity contribution >= 4 is 0 Å². The van der Waals surface area contributed by atoms with Crippen molar-refractivity contribution in [3.63, 3.8) is 0 Å². The molecule has 1 saturated heterocycles. The summed E-state index contributed by atoms with van der Waals surface area (Å²) in [6, 6.07) is 0.382. The van der Waals surface area contributed by atoms with Crippen molar-refractivity contribution in [1.29, 1.82) is 0 Å². The Morgan fingerprint density at radius 1 is 1.35 bits per heavy atom. The SMILES string of the molecule is CCCOC1CCCN(C[C@@H](N)CC2CC2)C1. The van der Waals surface area contributed by atoms with Crippen LogP contribution in [0.3, 0.4) is 0 Å². The first-order chi connectivity index (χ1) is 8.28. The maximum atomic E-state index is 6.21. The minimum absolute atomic E-state index is 0.382. The molecule has 0 aromatic heterocycles. The van der Waals surface area contributed by atoms with Gasteiger partial charge in [0.15, 0.2) is 0 Å². The molecule has 2 fully saturated rings. The third-order valence-corrected chi connectivity index (χ3v) is 3.85. The predicted molar refractivity (Wildman–Crippen MR) is 71.0 cm³/mol. The fraction of sp³-hybridized carbons (Fsp3) is 1.00. The molecular weight excluding hydrogens is 212 g/mol. The molecule has 100 valence electrons. The largest absolute Gasteiger partial charge is 0.377 e. The summed E-state index contributed by atoms with van der Waals surface area (Å²) in [7, 11) is 0. The Kier molecular flexibility index (Phi) is 5.26. The van der Waals surface area contributed by atoms with E-state index in [4.69, 9.17) is 10.5 Å².